The van der Waals surface area contributed by atoms with Gasteiger partial charge in [-0.2, -0.15) is 5.10 Å². The molecule has 1 aliphatic rings. The van der Waals surface area contributed by atoms with Gasteiger partial charge in [-0.3, -0.25) is 9.48 Å². The first-order valence-corrected chi connectivity index (χ1v) is 6.25. The summed E-state index contributed by atoms with van der Waals surface area (Å²) in [6.45, 7) is 0.653. The fraction of sp³-hybridized carbons (Fsp3) is 0.286. The van der Waals surface area contributed by atoms with E-state index in [-0.39, 0.29) is 5.78 Å². The predicted octanol–water partition coefficient (Wildman–Crippen LogP) is 1.56. The summed E-state index contributed by atoms with van der Waals surface area (Å²) in [5.74, 6) is 0.935. The van der Waals surface area contributed by atoms with E-state index in [1.54, 1.807) is 13.1 Å². The van der Waals surface area contributed by atoms with E-state index in [4.69, 9.17) is 10.5 Å². The first kappa shape index (κ1) is 11.8. The van der Waals surface area contributed by atoms with E-state index in [1.807, 2.05) is 12.1 Å². The first-order chi connectivity index (χ1) is 9.18. The minimum absolute atomic E-state index is 0.135. The van der Waals surface area contributed by atoms with Crippen molar-refractivity contribution in [2.24, 2.45) is 7.05 Å². The van der Waals surface area contributed by atoms with Gasteiger partial charge < -0.3 is 10.5 Å². The van der Waals surface area contributed by atoms with Gasteiger partial charge in [-0.15, -0.1) is 0 Å². The highest BCUT2D eigenvalue weighted by molar-refractivity contribution is 6.13. The number of nitrogen functional groups attached to an aromatic ring is 1. The molecule has 5 heteroatoms. The van der Waals surface area contributed by atoms with Crippen molar-refractivity contribution in [2.75, 3.05) is 12.3 Å². The zero-order chi connectivity index (χ0) is 13.4. The number of ether oxygens (including phenoxy) is 1. The highest BCUT2D eigenvalue weighted by Crippen LogP contribution is 2.31. The zero-order valence-electron chi connectivity index (χ0n) is 10.7. The molecule has 1 aromatic carbocycles. The van der Waals surface area contributed by atoms with Crippen LogP contribution in [0.1, 0.15) is 27.9 Å². The number of carbonyl (C=O) groups is 1. The minimum Gasteiger partial charge on any atom is -0.493 e. The third kappa shape index (κ3) is 1.87. The Kier molecular flexibility index (Phi) is 2.74. The van der Waals surface area contributed by atoms with Gasteiger partial charge in [0.15, 0.2) is 0 Å². The number of hydrogen-bond donors (Lipinski definition) is 1. The second-order valence-corrected chi connectivity index (χ2v) is 4.64. The maximum absolute atomic E-state index is 12.5. The maximum atomic E-state index is 12.5. The van der Waals surface area contributed by atoms with Gasteiger partial charge in [-0.1, -0.05) is 12.1 Å². The molecular formula is C14H15N3O2. The Morgan fingerprint density at radius 1 is 1.42 bits per heavy atom. The molecule has 0 unspecified atom stereocenters. The number of benzene rings is 1. The summed E-state index contributed by atoms with van der Waals surface area (Å²) in [5, 5.41) is 4.00. The summed E-state index contributed by atoms with van der Waals surface area (Å²) >= 11 is 0. The molecule has 0 fully saturated rings. The normalized spacial score (nSPS) is 13.7. The van der Waals surface area contributed by atoms with Crippen molar-refractivity contribution in [3.05, 3.63) is 41.1 Å². The molecule has 0 atom stereocenters. The van der Waals surface area contributed by atoms with E-state index in [2.05, 4.69) is 5.10 Å². The van der Waals surface area contributed by atoms with Crippen molar-refractivity contribution < 1.29 is 9.53 Å². The van der Waals surface area contributed by atoms with E-state index in [0.29, 0.717) is 29.3 Å². The number of aryl methyl sites for hydroxylation is 2. The van der Waals surface area contributed by atoms with E-state index in [1.165, 1.54) is 10.9 Å². The van der Waals surface area contributed by atoms with Crippen molar-refractivity contribution in [1.82, 2.24) is 9.78 Å². The molecule has 2 aromatic rings. The van der Waals surface area contributed by atoms with E-state index >= 15 is 0 Å². The van der Waals surface area contributed by atoms with Crippen LogP contribution in [-0.4, -0.2) is 22.2 Å². The lowest BCUT2D eigenvalue weighted by molar-refractivity contribution is 0.103. The number of nitrogens with zero attached hydrogens (tertiary/aromatic N) is 2. The molecule has 3 rings (SSSR count). The smallest absolute Gasteiger partial charge is 0.202 e. The molecule has 5 nitrogen and oxygen atoms in total. The van der Waals surface area contributed by atoms with Gasteiger partial charge in [-0.25, -0.2) is 0 Å². The predicted molar refractivity (Wildman–Crippen MR) is 71.3 cm³/mol. The molecule has 0 aliphatic carbocycles. The van der Waals surface area contributed by atoms with Gasteiger partial charge >= 0.3 is 0 Å². The van der Waals surface area contributed by atoms with Gasteiger partial charge in [0.25, 0.3) is 0 Å². The van der Waals surface area contributed by atoms with E-state index in [0.717, 1.165) is 18.4 Å². The Balaban J connectivity index is 2.07. The molecule has 1 aliphatic heterocycles. The van der Waals surface area contributed by atoms with Crippen LogP contribution >= 0.6 is 0 Å². The number of para-hydroxylation sites is 1. The highest BCUT2D eigenvalue weighted by atomic mass is 16.5. The second-order valence-electron chi connectivity index (χ2n) is 4.64. The van der Waals surface area contributed by atoms with Gasteiger partial charge in [-0.05, 0) is 24.5 Å². The Bertz CT molecular complexity index is 646. The lowest BCUT2D eigenvalue weighted by Crippen LogP contribution is -2.14. The second kappa shape index (κ2) is 4.42. The molecule has 0 saturated carbocycles. The third-order valence-corrected chi connectivity index (χ3v) is 3.41. The molecule has 1 aromatic heterocycles. The Morgan fingerprint density at radius 2 is 2.26 bits per heavy atom. The topological polar surface area (TPSA) is 70.1 Å². The van der Waals surface area contributed by atoms with Crippen LogP contribution < -0.4 is 10.5 Å². The molecule has 0 saturated heterocycles. The molecule has 0 radical (unpaired) electrons. The van der Waals surface area contributed by atoms with Crippen LogP contribution in [-0.2, 0) is 13.5 Å². The number of anilines is 1. The highest BCUT2D eigenvalue weighted by Gasteiger charge is 2.22. The molecule has 98 valence electrons. The van der Waals surface area contributed by atoms with Crippen molar-refractivity contribution in [1.29, 1.82) is 0 Å². The zero-order valence-corrected chi connectivity index (χ0v) is 10.7. The van der Waals surface area contributed by atoms with Crippen LogP contribution in [0, 0.1) is 0 Å². The number of ketones is 1. The number of rotatable bonds is 2. The summed E-state index contributed by atoms with van der Waals surface area (Å²) in [7, 11) is 1.71. The summed E-state index contributed by atoms with van der Waals surface area (Å²) < 4.78 is 7.14. The Morgan fingerprint density at radius 3 is 3.00 bits per heavy atom. The number of nitrogens with two attached hydrogens (primary N) is 1. The van der Waals surface area contributed by atoms with Crippen molar-refractivity contribution in [3.8, 4) is 5.75 Å². The van der Waals surface area contributed by atoms with Gasteiger partial charge in [0, 0.05) is 7.05 Å². The molecular weight excluding hydrogens is 242 g/mol. The molecule has 2 heterocycles. The quantitative estimate of drug-likeness (QED) is 0.829. The summed E-state index contributed by atoms with van der Waals surface area (Å²) in [5.41, 5.74) is 7.93. The van der Waals surface area contributed by atoms with E-state index < -0.39 is 0 Å². The van der Waals surface area contributed by atoms with Crippen LogP contribution in [0.15, 0.2) is 24.4 Å². The van der Waals surface area contributed by atoms with Crippen LogP contribution in [0.3, 0.4) is 0 Å². The van der Waals surface area contributed by atoms with Crippen LogP contribution in [0.4, 0.5) is 5.82 Å². The number of carbonyl (C=O) groups excluding carboxylic acids is 1. The third-order valence-electron chi connectivity index (χ3n) is 3.41. The van der Waals surface area contributed by atoms with Crippen molar-refractivity contribution in [2.45, 2.75) is 12.8 Å². The largest absolute Gasteiger partial charge is 0.493 e. The number of fused-ring (bicyclic) bond motifs is 1. The molecule has 0 spiro atoms. The van der Waals surface area contributed by atoms with Gasteiger partial charge in [0.1, 0.15) is 11.6 Å². The van der Waals surface area contributed by atoms with Gasteiger partial charge in [0.2, 0.25) is 5.78 Å². The monoisotopic (exact) mass is 257 g/mol. The van der Waals surface area contributed by atoms with Crippen molar-refractivity contribution >= 4 is 11.6 Å². The average molecular weight is 257 g/mol. The Hall–Kier alpha value is -2.30. The molecule has 19 heavy (non-hydrogen) atoms. The van der Waals surface area contributed by atoms with Crippen LogP contribution in [0.5, 0.6) is 5.75 Å². The average Bonchev–Trinajstić information content (AvgIpc) is 2.78. The van der Waals surface area contributed by atoms with Gasteiger partial charge in [0.05, 0.1) is 23.9 Å². The standard InChI is InChI=1S/C14H15N3O2/c1-17-14(15)11(8-16-17)12(18)10-6-2-4-9-5-3-7-19-13(9)10/h2,4,6,8H,3,5,7,15H2,1H3. The molecule has 0 bridgehead atoms. The number of aromatic nitrogens is 2. The number of hydrogen-bond acceptors (Lipinski definition) is 4. The summed E-state index contributed by atoms with van der Waals surface area (Å²) in [6, 6.07) is 5.66. The Labute approximate surface area is 111 Å². The SMILES string of the molecule is Cn1ncc(C(=O)c2cccc3c2OCCC3)c1N. The lowest BCUT2D eigenvalue weighted by atomic mass is 9.98. The maximum Gasteiger partial charge on any atom is 0.202 e. The van der Waals surface area contributed by atoms with Crippen LogP contribution in [0.2, 0.25) is 0 Å². The van der Waals surface area contributed by atoms with Crippen LogP contribution in [0.25, 0.3) is 0 Å². The van der Waals surface area contributed by atoms with Crippen molar-refractivity contribution in [3.63, 3.8) is 0 Å². The van der Waals surface area contributed by atoms with E-state index in [9.17, 15) is 4.79 Å². The fourth-order valence-electron chi connectivity index (χ4n) is 2.33. The fourth-order valence-corrected chi connectivity index (χ4v) is 2.33. The minimum atomic E-state index is -0.135. The summed E-state index contributed by atoms with van der Waals surface area (Å²) in [6.07, 6.45) is 3.43. The lowest BCUT2D eigenvalue weighted by Gasteiger charge is -2.19. The summed E-state index contributed by atoms with van der Waals surface area (Å²) in [4.78, 5) is 12.5. The molecule has 2 N–H and O–H groups in total. The first-order valence-electron chi connectivity index (χ1n) is 6.25. The molecule has 0 amide bonds.